The Labute approximate surface area is 127 Å². The number of hydrogen-bond acceptors (Lipinski definition) is 5. The predicted octanol–water partition coefficient (Wildman–Crippen LogP) is 1.21. The van der Waals surface area contributed by atoms with Crippen LogP contribution in [0.2, 0.25) is 0 Å². The van der Waals surface area contributed by atoms with E-state index in [0.29, 0.717) is 37.4 Å². The van der Waals surface area contributed by atoms with E-state index in [1.165, 1.54) is 4.88 Å². The summed E-state index contributed by atoms with van der Waals surface area (Å²) in [6.45, 7) is 6.25. The summed E-state index contributed by atoms with van der Waals surface area (Å²) in [7, 11) is 0. The molecule has 0 aromatic carbocycles. The van der Waals surface area contributed by atoms with Crippen LogP contribution < -0.4 is 5.32 Å². The van der Waals surface area contributed by atoms with Gasteiger partial charge in [0.1, 0.15) is 0 Å². The normalized spacial score (nSPS) is 22.5. The lowest BCUT2D eigenvalue weighted by molar-refractivity contribution is 0.0667. The standard InChI is InChI=1S/C14H19N5OS/c1-10-6-18(7-11(2)15-10)14(20)13-9-19(17-16-13)8-12-4-3-5-21-12/h3-5,9-11,15H,6-8H2,1-2H3/t10-,11+. The Balaban J connectivity index is 1.69. The molecule has 1 amide bonds. The van der Waals surface area contributed by atoms with Crippen LogP contribution in [0.4, 0.5) is 0 Å². The Kier molecular flexibility index (Phi) is 4.03. The van der Waals surface area contributed by atoms with Crippen molar-refractivity contribution in [3.05, 3.63) is 34.3 Å². The van der Waals surface area contributed by atoms with Crippen LogP contribution in [0.5, 0.6) is 0 Å². The Morgan fingerprint density at radius 1 is 1.43 bits per heavy atom. The molecule has 0 radical (unpaired) electrons. The highest BCUT2D eigenvalue weighted by Crippen LogP contribution is 2.12. The molecule has 0 aliphatic carbocycles. The Hall–Kier alpha value is -1.73. The fraction of sp³-hybridized carbons (Fsp3) is 0.500. The molecule has 0 unspecified atom stereocenters. The van der Waals surface area contributed by atoms with Gasteiger partial charge in [0, 0.05) is 30.1 Å². The van der Waals surface area contributed by atoms with Gasteiger partial charge in [-0.15, -0.1) is 16.4 Å². The van der Waals surface area contributed by atoms with Gasteiger partial charge in [0.2, 0.25) is 0 Å². The molecule has 21 heavy (non-hydrogen) atoms. The third-order valence-corrected chi connectivity index (χ3v) is 4.36. The van der Waals surface area contributed by atoms with E-state index < -0.39 is 0 Å². The minimum Gasteiger partial charge on any atom is -0.334 e. The van der Waals surface area contributed by atoms with Crippen LogP contribution in [-0.2, 0) is 6.54 Å². The average molecular weight is 305 g/mol. The monoisotopic (exact) mass is 305 g/mol. The zero-order valence-electron chi connectivity index (χ0n) is 12.2. The van der Waals surface area contributed by atoms with E-state index in [1.807, 2.05) is 22.4 Å². The molecule has 0 saturated carbocycles. The van der Waals surface area contributed by atoms with Crippen molar-refractivity contribution in [1.82, 2.24) is 25.2 Å². The lowest BCUT2D eigenvalue weighted by atomic mass is 10.1. The highest BCUT2D eigenvalue weighted by Gasteiger charge is 2.27. The topological polar surface area (TPSA) is 63.1 Å². The van der Waals surface area contributed by atoms with Crippen molar-refractivity contribution in [1.29, 1.82) is 0 Å². The van der Waals surface area contributed by atoms with Crippen LogP contribution in [-0.4, -0.2) is 51.0 Å². The molecule has 0 bridgehead atoms. The molecule has 2 aromatic rings. The van der Waals surface area contributed by atoms with Crippen LogP contribution in [0.1, 0.15) is 29.2 Å². The van der Waals surface area contributed by atoms with Crippen LogP contribution >= 0.6 is 11.3 Å². The van der Waals surface area contributed by atoms with Gasteiger partial charge in [-0.1, -0.05) is 11.3 Å². The number of nitrogens with one attached hydrogen (secondary N) is 1. The molecule has 7 heteroatoms. The van der Waals surface area contributed by atoms with Crippen LogP contribution in [0, 0.1) is 0 Å². The predicted molar refractivity (Wildman–Crippen MR) is 81.4 cm³/mol. The summed E-state index contributed by atoms with van der Waals surface area (Å²) in [6, 6.07) is 4.66. The van der Waals surface area contributed by atoms with Gasteiger partial charge in [-0.3, -0.25) is 4.79 Å². The molecule has 3 heterocycles. The van der Waals surface area contributed by atoms with Crippen molar-refractivity contribution in [2.24, 2.45) is 0 Å². The van der Waals surface area contributed by atoms with Crippen molar-refractivity contribution in [3.63, 3.8) is 0 Å². The summed E-state index contributed by atoms with van der Waals surface area (Å²) in [5.41, 5.74) is 0.424. The van der Waals surface area contributed by atoms with Gasteiger partial charge in [-0.2, -0.15) is 0 Å². The molecule has 2 atom stereocenters. The zero-order valence-corrected chi connectivity index (χ0v) is 13.0. The van der Waals surface area contributed by atoms with E-state index in [9.17, 15) is 4.79 Å². The number of piperazine rings is 1. The number of carbonyl (C=O) groups excluding carboxylic acids is 1. The second-order valence-corrected chi connectivity index (χ2v) is 6.59. The second-order valence-electron chi connectivity index (χ2n) is 5.56. The number of thiophene rings is 1. The van der Waals surface area contributed by atoms with E-state index in [4.69, 9.17) is 0 Å². The Morgan fingerprint density at radius 3 is 2.86 bits per heavy atom. The second kappa shape index (κ2) is 5.95. The first kappa shape index (κ1) is 14.2. The van der Waals surface area contributed by atoms with Gasteiger partial charge >= 0.3 is 0 Å². The molecular formula is C14H19N5OS. The largest absolute Gasteiger partial charge is 0.334 e. The molecule has 1 saturated heterocycles. The van der Waals surface area contributed by atoms with Crippen LogP contribution in [0.15, 0.2) is 23.7 Å². The van der Waals surface area contributed by atoms with Crippen LogP contribution in [0.3, 0.4) is 0 Å². The molecule has 6 nitrogen and oxygen atoms in total. The maximum Gasteiger partial charge on any atom is 0.276 e. The van der Waals surface area contributed by atoms with E-state index in [1.54, 1.807) is 22.2 Å². The average Bonchev–Trinajstić information content (AvgIpc) is 3.09. The SMILES string of the molecule is C[C@@H]1CN(C(=O)c2cn(Cc3cccs3)nn2)C[C@H](C)N1. The van der Waals surface area contributed by atoms with Gasteiger partial charge in [0.05, 0.1) is 12.7 Å². The molecular weight excluding hydrogens is 286 g/mol. The molecule has 1 fully saturated rings. The highest BCUT2D eigenvalue weighted by atomic mass is 32.1. The van der Waals surface area contributed by atoms with E-state index >= 15 is 0 Å². The van der Waals surface area contributed by atoms with Gasteiger partial charge in [-0.25, -0.2) is 4.68 Å². The molecule has 112 valence electrons. The summed E-state index contributed by atoms with van der Waals surface area (Å²) in [4.78, 5) is 15.5. The molecule has 1 N–H and O–H groups in total. The highest BCUT2D eigenvalue weighted by molar-refractivity contribution is 7.09. The van der Waals surface area contributed by atoms with Crippen molar-refractivity contribution in [3.8, 4) is 0 Å². The lowest BCUT2D eigenvalue weighted by Crippen LogP contribution is -2.55. The minimum atomic E-state index is -0.0346. The van der Waals surface area contributed by atoms with Gasteiger partial charge in [-0.05, 0) is 25.3 Å². The third kappa shape index (κ3) is 3.30. The third-order valence-electron chi connectivity index (χ3n) is 3.50. The fourth-order valence-electron chi connectivity index (χ4n) is 2.69. The molecule has 3 rings (SSSR count). The molecule has 1 aliphatic heterocycles. The fourth-order valence-corrected chi connectivity index (χ4v) is 3.39. The number of aromatic nitrogens is 3. The summed E-state index contributed by atoms with van der Waals surface area (Å²) in [6.07, 6.45) is 1.74. The molecule has 1 aliphatic rings. The number of carbonyl (C=O) groups is 1. The smallest absolute Gasteiger partial charge is 0.276 e. The Morgan fingerprint density at radius 2 is 2.19 bits per heavy atom. The quantitative estimate of drug-likeness (QED) is 0.926. The Bertz CT molecular complexity index is 599. The maximum atomic E-state index is 12.5. The van der Waals surface area contributed by atoms with Crippen molar-refractivity contribution in [2.75, 3.05) is 13.1 Å². The van der Waals surface area contributed by atoms with E-state index in [-0.39, 0.29) is 5.91 Å². The number of nitrogens with zero attached hydrogens (tertiary/aromatic N) is 4. The van der Waals surface area contributed by atoms with E-state index in [2.05, 4.69) is 29.5 Å². The number of rotatable bonds is 3. The lowest BCUT2D eigenvalue weighted by Gasteiger charge is -2.35. The van der Waals surface area contributed by atoms with Gasteiger partial charge < -0.3 is 10.2 Å². The molecule has 2 aromatic heterocycles. The van der Waals surface area contributed by atoms with Crippen molar-refractivity contribution < 1.29 is 4.79 Å². The summed E-state index contributed by atoms with van der Waals surface area (Å²) >= 11 is 1.67. The van der Waals surface area contributed by atoms with Gasteiger partial charge in [0.15, 0.2) is 5.69 Å². The number of hydrogen-bond donors (Lipinski definition) is 1. The summed E-state index contributed by atoms with van der Waals surface area (Å²) < 4.78 is 1.72. The van der Waals surface area contributed by atoms with Crippen molar-refractivity contribution in [2.45, 2.75) is 32.5 Å². The summed E-state index contributed by atoms with van der Waals surface area (Å²) in [5, 5.41) is 13.5. The van der Waals surface area contributed by atoms with E-state index in [0.717, 1.165) is 0 Å². The first-order chi connectivity index (χ1) is 10.1. The first-order valence-electron chi connectivity index (χ1n) is 7.09. The maximum absolute atomic E-state index is 12.5. The summed E-state index contributed by atoms with van der Waals surface area (Å²) in [5.74, 6) is -0.0346. The van der Waals surface area contributed by atoms with Crippen LogP contribution in [0.25, 0.3) is 0 Å². The number of amides is 1. The minimum absolute atomic E-state index is 0.0346. The van der Waals surface area contributed by atoms with Gasteiger partial charge in [0.25, 0.3) is 5.91 Å². The first-order valence-corrected chi connectivity index (χ1v) is 7.97. The molecule has 0 spiro atoms. The van der Waals surface area contributed by atoms with Crippen molar-refractivity contribution >= 4 is 17.2 Å². The zero-order chi connectivity index (χ0) is 14.8.